The lowest BCUT2D eigenvalue weighted by atomic mass is 10.4. The topological polar surface area (TPSA) is 64.1 Å². The lowest BCUT2D eigenvalue weighted by molar-refractivity contribution is 0.202. The molecule has 2 aliphatic rings. The molecule has 0 amide bonds. The Hall–Kier alpha value is -0.210. The molecule has 0 aromatic heterocycles. The third kappa shape index (κ3) is 4.66. The molecule has 0 saturated carbocycles. The SMILES string of the molecule is O=S(=O)(CCN1CCCC1)N1CCCN(CCO)CC1. The van der Waals surface area contributed by atoms with Gasteiger partial charge in [0.2, 0.25) is 10.0 Å². The van der Waals surface area contributed by atoms with Crippen LogP contribution in [0.2, 0.25) is 0 Å². The molecule has 6 nitrogen and oxygen atoms in total. The number of β-amino-alcohol motifs (C(OH)–C–C–N with tert-alkyl or cyclic N) is 1. The van der Waals surface area contributed by atoms with E-state index in [1.54, 1.807) is 4.31 Å². The van der Waals surface area contributed by atoms with Gasteiger partial charge in [0, 0.05) is 32.7 Å². The van der Waals surface area contributed by atoms with Gasteiger partial charge in [-0.25, -0.2) is 12.7 Å². The van der Waals surface area contributed by atoms with Crippen LogP contribution in [0.3, 0.4) is 0 Å². The molecule has 7 heteroatoms. The summed E-state index contributed by atoms with van der Waals surface area (Å²) in [5.74, 6) is 0.243. The number of nitrogens with zero attached hydrogens (tertiary/aromatic N) is 3. The van der Waals surface area contributed by atoms with Crippen LogP contribution in [0.15, 0.2) is 0 Å². The number of rotatable bonds is 6. The van der Waals surface area contributed by atoms with Crippen LogP contribution in [0.25, 0.3) is 0 Å². The molecule has 2 fully saturated rings. The first kappa shape index (κ1) is 16.2. The van der Waals surface area contributed by atoms with Gasteiger partial charge in [0.1, 0.15) is 0 Å². The number of likely N-dealkylation sites (tertiary alicyclic amines) is 1. The Bertz CT molecular complexity index is 382. The van der Waals surface area contributed by atoms with Crippen molar-refractivity contribution in [3.05, 3.63) is 0 Å². The third-order valence-electron chi connectivity index (χ3n) is 4.22. The fourth-order valence-corrected chi connectivity index (χ4v) is 4.48. The van der Waals surface area contributed by atoms with E-state index in [0.29, 0.717) is 26.2 Å². The number of hydrogen-bond acceptors (Lipinski definition) is 5. The Labute approximate surface area is 122 Å². The van der Waals surface area contributed by atoms with Gasteiger partial charge in [0.15, 0.2) is 0 Å². The average molecular weight is 305 g/mol. The Morgan fingerprint density at radius 1 is 0.800 bits per heavy atom. The smallest absolute Gasteiger partial charge is 0.215 e. The molecule has 20 heavy (non-hydrogen) atoms. The van der Waals surface area contributed by atoms with Crippen molar-refractivity contribution in [3.8, 4) is 0 Å². The van der Waals surface area contributed by atoms with Crippen LogP contribution in [0.5, 0.6) is 0 Å². The fourth-order valence-electron chi connectivity index (χ4n) is 2.97. The molecule has 0 bridgehead atoms. The normalized spacial score (nSPS) is 24.1. The molecule has 2 saturated heterocycles. The summed E-state index contributed by atoms with van der Waals surface area (Å²) in [5.41, 5.74) is 0. The lowest BCUT2D eigenvalue weighted by Crippen LogP contribution is -2.39. The van der Waals surface area contributed by atoms with E-state index in [9.17, 15) is 8.42 Å². The van der Waals surface area contributed by atoms with Crippen LogP contribution < -0.4 is 0 Å². The summed E-state index contributed by atoms with van der Waals surface area (Å²) in [6.45, 7) is 6.30. The first-order chi connectivity index (χ1) is 9.62. The second kappa shape index (κ2) is 7.70. The van der Waals surface area contributed by atoms with E-state index in [1.807, 2.05) is 0 Å². The summed E-state index contributed by atoms with van der Waals surface area (Å²) >= 11 is 0. The zero-order valence-electron chi connectivity index (χ0n) is 12.2. The predicted molar refractivity (Wildman–Crippen MR) is 79.2 cm³/mol. The number of sulfonamides is 1. The molecule has 0 unspecified atom stereocenters. The minimum absolute atomic E-state index is 0.141. The molecular formula is C13H27N3O3S. The van der Waals surface area contributed by atoms with Gasteiger partial charge in [0.25, 0.3) is 0 Å². The van der Waals surface area contributed by atoms with Gasteiger partial charge >= 0.3 is 0 Å². The van der Waals surface area contributed by atoms with Gasteiger partial charge in [-0.05, 0) is 38.9 Å². The van der Waals surface area contributed by atoms with Gasteiger partial charge in [-0.2, -0.15) is 0 Å². The van der Waals surface area contributed by atoms with Crippen molar-refractivity contribution in [2.24, 2.45) is 0 Å². The molecule has 0 aliphatic carbocycles. The number of aliphatic hydroxyl groups is 1. The first-order valence-electron chi connectivity index (χ1n) is 7.65. The highest BCUT2D eigenvalue weighted by Gasteiger charge is 2.25. The quantitative estimate of drug-likeness (QED) is 0.711. The highest BCUT2D eigenvalue weighted by molar-refractivity contribution is 7.89. The van der Waals surface area contributed by atoms with E-state index in [-0.39, 0.29) is 12.4 Å². The largest absolute Gasteiger partial charge is 0.395 e. The highest BCUT2D eigenvalue weighted by Crippen LogP contribution is 2.11. The number of hydrogen-bond donors (Lipinski definition) is 1. The Morgan fingerprint density at radius 3 is 2.15 bits per heavy atom. The lowest BCUT2D eigenvalue weighted by Gasteiger charge is -2.22. The van der Waals surface area contributed by atoms with E-state index in [4.69, 9.17) is 5.11 Å². The van der Waals surface area contributed by atoms with E-state index in [1.165, 1.54) is 12.8 Å². The maximum atomic E-state index is 12.4. The molecule has 2 aliphatic heterocycles. The predicted octanol–water partition coefficient (Wildman–Crippen LogP) is -0.588. The zero-order chi connectivity index (χ0) is 14.4. The van der Waals surface area contributed by atoms with Crippen molar-refractivity contribution in [2.45, 2.75) is 19.3 Å². The molecular weight excluding hydrogens is 278 g/mol. The van der Waals surface area contributed by atoms with Crippen molar-refractivity contribution < 1.29 is 13.5 Å². The van der Waals surface area contributed by atoms with Crippen molar-refractivity contribution in [2.75, 3.05) is 64.7 Å². The van der Waals surface area contributed by atoms with Crippen LogP contribution in [-0.4, -0.2) is 92.3 Å². The monoisotopic (exact) mass is 305 g/mol. The minimum atomic E-state index is -3.13. The van der Waals surface area contributed by atoms with Crippen LogP contribution in [0.1, 0.15) is 19.3 Å². The summed E-state index contributed by atoms with van der Waals surface area (Å²) in [6, 6.07) is 0. The molecule has 2 rings (SSSR count). The van der Waals surface area contributed by atoms with Crippen LogP contribution >= 0.6 is 0 Å². The molecule has 0 spiro atoms. The minimum Gasteiger partial charge on any atom is -0.395 e. The van der Waals surface area contributed by atoms with E-state index >= 15 is 0 Å². The first-order valence-corrected chi connectivity index (χ1v) is 9.26. The maximum Gasteiger partial charge on any atom is 0.215 e. The second-order valence-corrected chi connectivity index (χ2v) is 7.77. The maximum absolute atomic E-state index is 12.4. The fraction of sp³-hybridized carbons (Fsp3) is 1.00. The zero-order valence-corrected chi connectivity index (χ0v) is 13.0. The molecule has 2 heterocycles. The molecule has 0 radical (unpaired) electrons. The standard InChI is InChI=1S/C13H27N3O3S/c17-12-10-15-6-3-7-16(9-8-15)20(18,19)13-11-14-4-1-2-5-14/h17H,1-13H2. The third-order valence-corrected chi connectivity index (χ3v) is 6.07. The van der Waals surface area contributed by atoms with E-state index in [2.05, 4.69) is 9.80 Å². The van der Waals surface area contributed by atoms with E-state index in [0.717, 1.165) is 32.6 Å². The van der Waals surface area contributed by atoms with Crippen molar-refractivity contribution >= 4 is 10.0 Å². The van der Waals surface area contributed by atoms with Crippen molar-refractivity contribution in [1.29, 1.82) is 0 Å². The van der Waals surface area contributed by atoms with Crippen LogP contribution in [0, 0.1) is 0 Å². The Kier molecular flexibility index (Phi) is 6.22. The summed E-state index contributed by atoms with van der Waals surface area (Å²) in [5, 5.41) is 8.96. The molecule has 0 aromatic carbocycles. The summed E-state index contributed by atoms with van der Waals surface area (Å²) in [6.07, 6.45) is 3.24. The summed E-state index contributed by atoms with van der Waals surface area (Å²) in [7, 11) is -3.13. The molecule has 0 aromatic rings. The van der Waals surface area contributed by atoms with Gasteiger partial charge < -0.3 is 10.0 Å². The van der Waals surface area contributed by atoms with Gasteiger partial charge in [0.05, 0.1) is 12.4 Å². The van der Waals surface area contributed by atoms with Gasteiger partial charge in [-0.3, -0.25) is 4.90 Å². The van der Waals surface area contributed by atoms with Crippen LogP contribution in [0.4, 0.5) is 0 Å². The molecule has 0 atom stereocenters. The summed E-state index contributed by atoms with van der Waals surface area (Å²) < 4.78 is 26.4. The molecule has 118 valence electrons. The highest BCUT2D eigenvalue weighted by atomic mass is 32.2. The van der Waals surface area contributed by atoms with Gasteiger partial charge in [-0.1, -0.05) is 0 Å². The van der Waals surface area contributed by atoms with E-state index < -0.39 is 10.0 Å². The summed E-state index contributed by atoms with van der Waals surface area (Å²) in [4.78, 5) is 4.38. The molecule has 1 N–H and O–H groups in total. The Morgan fingerprint density at radius 2 is 1.45 bits per heavy atom. The van der Waals surface area contributed by atoms with Crippen molar-refractivity contribution in [3.63, 3.8) is 0 Å². The number of aliphatic hydroxyl groups excluding tert-OH is 1. The average Bonchev–Trinajstić information content (AvgIpc) is 2.82. The Balaban J connectivity index is 1.82. The van der Waals surface area contributed by atoms with Crippen molar-refractivity contribution in [1.82, 2.24) is 14.1 Å². The second-order valence-electron chi connectivity index (χ2n) is 5.68. The van der Waals surface area contributed by atoms with Crippen LogP contribution in [-0.2, 0) is 10.0 Å². The van der Waals surface area contributed by atoms with Gasteiger partial charge in [-0.15, -0.1) is 0 Å².